The van der Waals surface area contributed by atoms with E-state index in [1.165, 1.54) is 6.92 Å². The molecule has 1 amide bonds. The fourth-order valence-electron chi connectivity index (χ4n) is 1.33. The predicted molar refractivity (Wildman–Crippen MR) is 88.5 cm³/mol. The smallest absolute Gasteiger partial charge is 0.230 e. The predicted octanol–water partition coefficient (Wildman–Crippen LogP) is -0.593. The van der Waals surface area contributed by atoms with E-state index < -0.39 is 0 Å². The highest BCUT2D eigenvalue weighted by Crippen LogP contribution is 1.98. The Kier molecular flexibility index (Phi) is 17.1. The van der Waals surface area contributed by atoms with Gasteiger partial charge in [-0.1, -0.05) is 11.8 Å². The maximum Gasteiger partial charge on any atom is 0.230 e. The molecule has 0 aliphatic heterocycles. The molecule has 0 fully saturated rings. The van der Waals surface area contributed by atoms with Crippen molar-refractivity contribution in [1.29, 1.82) is 0 Å². The lowest BCUT2D eigenvalue weighted by molar-refractivity contribution is -0.119. The maximum absolute atomic E-state index is 11.3. The van der Waals surface area contributed by atoms with Gasteiger partial charge in [-0.3, -0.25) is 9.59 Å². The van der Waals surface area contributed by atoms with Crippen LogP contribution in [0.1, 0.15) is 6.92 Å². The first-order chi connectivity index (χ1) is 11.2. The van der Waals surface area contributed by atoms with Crippen LogP contribution in [-0.4, -0.2) is 82.7 Å². The van der Waals surface area contributed by atoms with Crippen molar-refractivity contribution in [2.75, 3.05) is 71.7 Å². The lowest BCUT2D eigenvalue weighted by Crippen LogP contribution is -2.29. The van der Waals surface area contributed by atoms with Gasteiger partial charge in [0.2, 0.25) is 5.91 Å². The highest BCUT2D eigenvalue weighted by molar-refractivity contribution is 8.14. The minimum Gasteiger partial charge on any atom is -0.378 e. The van der Waals surface area contributed by atoms with Crippen LogP contribution in [0.25, 0.3) is 0 Å². The molecular weight excluding hydrogens is 324 g/mol. The molecule has 0 aromatic rings. The van der Waals surface area contributed by atoms with E-state index >= 15 is 0 Å². The summed E-state index contributed by atoms with van der Waals surface area (Å²) in [5, 5.41) is 2.59. The Hall–Kier alpha value is -0.710. The van der Waals surface area contributed by atoms with Crippen molar-refractivity contribution < 1.29 is 28.5 Å². The minimum absolute atomic E-state index is 0.0689. The zero-order chi connectivity index (χ0) is 17.2. The maximum atomic E-state index is 11.3. The molecular formula is C14H28N2O6S. The quantitative estimate of drug-likeness (QED) is 0.355. The number of amides is 1. The molecule has 0 bridgehead atoms. The van der Waals surface area contributed by atoms with E-state index in [2.05, 4.69) is 5.32 Å². The Labute approximate surface area is 141 Å². The fourth-order valence-corrected chi connectivity index (χ4v) is 1.76. The monoisotopic (exact) mass is 352 g/mol. The number of hydrogen-bond donors (Lipinski definition) is 2. The number of ether oxygens (including phenoxy) is 4. The fraction of sp³-hybridized carbons (Fsp3) is 0.857. The first kappa shape index (κ1) is 22.3. The summed E-state index contributed by atoms with van der Waals surface area (Å²) in [6.07, 6.45) is 0. The lowest BCUT2D eigenvalue weighted by Gasteiger charge is -2.08. The van der Waals surface area contributed by atoms with Crippen LogP contribution in [0.4, 0.5) is 0 Å². The van der Waals surface area contributed by atoms with Crippen LogP contribution in [0.3, 0.4) is 0 Å². The summed E-state index contributed by atoms with van der Waals surface area (Å²) >= 11 is 0.989. The molecule has 0 saturated carbocycles. The van der Waals surface area contributed by atoms with Crippen molar-refractivity contribution in [3.8, 4) is 0 Å². The molecule has 23 heavy (non-hydrogen) atoms. The molecule has 0 aromatic heterocycles. The summed E-state index contributed by atoms with van der Waals surface area (Å²) in [4.78, 5) is 21.9. The van der Waals surface area contributed by atoms with E-state index in [0.717, 1.165) is 11.8 Å². The molecule has 9 heteroatoms. The molecule has 0 radical (unpaired) electrons. The van der Waals surface area contributed by atoms with Gasteiger partial charge >= 0.3 is 0 Å². The van der Waals surface area contributed by atoms with Crippen LogP contribution < -0.4 is 11.1 Å². The Bertz CT molecular complexity index is 307. The molecule has 0 aliphatic carbocycles. The molecule has 0 spiro atoms. The van der Waals surface area contributed by atoms with Gasteiger partial charge in [0.05, 0.1) is 58.6 Å². The first-order valence-corrected chi connectivity index (χ1v) is 8.56. The van der Waals surface area contributed by atoms with Crippen molar-refractivity contribution >= 4 is 22.8 Å². The summed E-state index contributed by atoms with van der Waals surface area (Å²) in [7, 11) is 0. The average molecular weight is 352 g/mol. The Morgan fingerprint density at radius 1 is 0.870 bits per heavy atom. The van der Waals surface area contributed by atoms with E-state index in [0.29, 0.717) is 65.9 Å². The van der Waals surface area contributed by atoms with Crippen LogP contribution >= 0.6 is 11.8 Å². The molecule has 0 saturated heterocycles. The van der Waals surface area contributed by atoms with Crippen molar-refractivity contribution in [3.63, 3.8) is 0 Å². The van der Waals surface area contributed by atoms with E-state index in [-0.39, 0.29) is 16.8 Å². The van der Waals surface area contributed by atoms with Crippen LogP contribution in [0.5, 0.6) is 0 Å². The van der Waals surface area contributed by atoms with Gasteiger partial charge in [0.1, 0.15) is 0 Å². The standard InChI is InChI=1S/C14H28N2O6S/c1-13(17)23-12-14(18)16-3-5-20-7-9-22-11-10-21-8-6-19-4-2-15/h2-12,15H2,1H3,(H,16,18). The van der Waals surface area contributed by atoms with Gasteiger partial charge in [0.25, 0.3) is 0 Å². The molecule has 0 rings (SSSR count). The molecule has 8 nitrogen and oxygen atoms in total. The van der Waals surface area contributed by atoms with E-state index in [9.17, 15) is 9.59 Å². The second-order valence-electron chi connectivity index (χ2n) is 4.37. The minimum atomic E-state index is -0.169. The number of carbonyl (C=O) groups is 2. The van der Waals surface area contributed by atoms with Crippen molar-refractivity contribution in [3.05, 3.63) is 0 Å². The van der Waals surface area contributed by atoms with E-state index in [4.69, 9.17) is 24.7 Å². The third-order valence-electron chi connectivity index (χ3n) is 2.35. The summed E-state index contributed by atoms with van der Waals surface area (Å²) < 4.78 is 21.0. The highest BCUT2D eigenvalue weighted by atomic mass is 32.2. The van der Waals surface area contributed by atoms with Gasteiger partial charge in [0.15, 0.2) is 5.12 Å². The van der Waals surface area contributed by atoms with Crippen LogP contribution in [0.15, 0.2) is 0 Å². The molecule has 3 N–H and O–H groups in total. The van der Waals surface area contributed by atoms with E-state index in [1.54, 1.807) is 0 Å². The third-order valence-corrected chi connectivity index (χ3v) is 3.17. The van der Waals surface area contributed by atoms with Crippen molar-refractivity contribution in [1.82, 2.24) is 5.32 Å². The van der Waals surface area contributed by atoms with Gasteiger partial charge < -0.3 is 30.0 Å². The topological polar surface area (TPSA) is 109 Å². The SMILES string of the molecule is CC(=O)SCC(=O)NCCOCCOCCOCCOCCN. The molecule has 0 atom stereocenters. The summed E-state index contributed by atoms with van der Waals surface area (Å²) in [6, 6.07) is 0. The third kappa shape index (κ3) is 19.2. The Balaban J connectivity index is 3.10. The number of nitrogens with one attached hydrogen (secondary N) is 1. The second-order valence-corrected chi connectivity index (χ2v) is 5.52. The van der Waals surface area contributed by atoms with Gasteiger partial charge in [0, 0.05) is 20.0 Å². The average Bonchev–Trinajstić information content (AvgIpc) is 2.53. The molecule has 0 aromatic carbocycles. The summed E-state index contributed by atoms with van der Waals surface area (Å²) in [5.74, 6) is -0.0203. The number of nitrogens with two attached hydrogens (primary N) is 1. The number of thioether (sulfide) groups is 1. The van der Waals surface area contributed by atoms with Gasteiger partial charge in [-0.15, -0.1) is 0 Å². The van der Waals surface area contributed by atoms with Crippen molar-refractivity contribution in [2.45, 2.75) is 6.92 Å². The molecule has 136 valence electrons. The number of rotatable bonds is 16. The molecule has 0 heterocycles. The molecule has 0 aliphatic rings. The zero-order valence-corrected chi connectivity index (χ0v) is 14.5. The number of hydrogen-bond acceptors (Lipinski definition) is 8. The Morgan fingerprint density at radius 2 is 1.35 bits per heavy atom. The van der Waals surface area contributed by atoms with Gasteiger partial charge in [-0.05, 0) is 0 Å². The molecule has 0 unspecified atom stereocenters. The Morgan fingerprint density at radius 3 is 1.83 bits per heavy atom. The summed E-state index contributed by atoms with van der Waals surface area (Å²) in [5.41, 5.74) is 5.28. The van der Waals surface area contributed by atoms with Crippen LogP contribution in [0.2, 0.25) is 0 Å². The van der Waals surface area contributed by atoms with Gasteiger partial charge in [-0.2, -0.15) is 0 Å². The normalized spacial score (nSPS) is 10.7. The van der Waals surface area contributed by atoms with Crippen LogP contribution in [-0.2, 0) is 28.5 Å². The number of carbonyl (C=O) groups excluding carboxylic acids is 2. The van der Waals surface area contributed by atoms with Crippen LogP contribution in [0, 0.1) is 0 Å². The largest absolute Gasteiger partial charge is 0.378 e. The van der Waals surface area contributed by atoms with Gasteiger partial charge in [-0.25, -0.2) is 0 Å². The summed E-state index contributed by atoms with van der Waals surface area (Å²) in [6.45, 7) is 6.34. The van der Waals surface area contributed by atoms with Crippen molar-refractivity contribution in [2.24, 2.45) is 5.73 Å². The highest BCUT2D eigenvalue weighted by Gasteiger charge is 2.02. The second kappa shape index (κ2) is 17.6. The zero-order valence-electron chi connectivity index (χ0n) is 13.7. The van der Waals surface area contributed by atoms with E-state index in [1.807, 2.05) is 0 Å². The first-order valence-electron chi connectivity index (χ1n) is 7.58. The lowest BCUT2D eigenvalue weighted by atomic mass is 10.6.